The maximum Gasteiger partial charge on any atom is 0.273 e. The Morgan fingerprint density at radius 1 is 1.15 bits per heavy atom. The van der Waals surface area contributed by atoms with Gasteiger partial charge in [0, 0.05) is 55.5 Å². The van der Waals surface area contributed by atoms with Crippen LogP contribution in [-0.4, -0.2) is 52.9 Å². The Kier molecular flexibility index (Phi) is 7.83. The Labute approximate surface area is 201 Å². The summed E-state index contributed by atoms with van der Waals surface area (Å²) in [5.74, 6) is -0.408. The topological polar surface area (TPSA) is 108 Å². The Hall–Kier alpha value is -3.24. The minimum Gasteiger partial charge on any atom is -0.367 e. The van der Waals surface area contributed by atoms with Crippen molar-refractivity contribution in [3.63, 3.8) is 0 Å². The van der Waals surface area contributed by atoms with Crippen molar-refractivity contribution in [2.75, 3.05) is 36.4 Å². The van der Waals surface area contributed by atoms with Crippen LogP contribution in [0.25, 0.3) is 0 Å². The summed E-state index contributed by atoms with van der Waals surface area (Å²) < 4.78 is 0. The molecule has 1 aliphatic rings. The average Bonchev–Trinajstić information content (AvgIpc) is 2.78. The monoisotopic (exact) mass is 489 g/mol. The van der Waals surface area contributed by atoms with Gasteiger partial charge in [-0.05, 0) is 43.4 Å². The van der Waals surface area contributed by atoms with Crippen molar-refractivity contribution in [3.05, 3.63) is 62.7 Å². The summed E-state index contributed by atoms with van der Waals surface area (Å²) in [7, 11) is 0. The molecule has 2 amide bonds. The summed E-state index contributed by atoms with van der Waals surface area (Å²) in [5.41, 5.74) is 1.90. The first-order valence-electron chi connectivity index (χ1n) is 10.4. The second kappa shape index (κ2) is 10.6. The fraction of sp³-hybridized carbons (Fsp3) is 0.318. The lowest BCUT2D eigenvalue weighted by Gasteiger charge is -2.36. The molecule has 174 valence electrons. The molecule has 0 radical (unpaired) electrons. The number of rotatable bonds is 5. The zero-order chi connectivity index (χ0) is 24.1. The number of piperazine rings is 1. The van der Waals surface area contributed by atoms with Gasteiger partial charge in [0.1, 0.15) is 0 Å². The van der Waals surface area contributed by atoms with Crippen molar-refractivity contribution in [1.82, 2.24) is 10.2 Å². The zero-order valence-electron chi connectivity index (χ0n) is 18.3. The van der Waals surface area contributed by atoms with Crippen molar-refractivity contribution in [2.24, 2.45) is 0 Å². The van der Waals surface area contributed by atoms with Gasteiger partial charge in [0.15, 0.2) is 5.11 Å². The quantitative estimate of drug-likeness (QED) is 0.374. The molecule has 0 aromatic heterocycles. The van der Waals surface area contributed by atoms with Gasteiger partial charge in [-0.1, -0.05) is 24.6 Å². The normalized spacial score (nSPS) is 13.4. The van der Waals surface area contributed by atoms with Gasteiger partial charge in [0.2, 0.25) is 5.91 Å². The molecule has 2 N–H and O–H groups in total. The third-order valence-electron chi connectivity index (χ3n) is 5.38. The average molecular weight is 490 g/mol. The molecule has 0 atom stereocenters. The molecule has 0 aliphatic carbocycles. The lowest BCUT2D eigenvalue weighted by Crippen LogP contribution is -2.48. The van der Waals surface area contributed by atoms with E-state index in [2.05, 4.69) is 15.5 Å². The van der Waals surface area contributed by atoms with Crippen LogP contribution in [0.15, 0.2) is 36.4 Å². The van der Waals surface area contributed by atoms with E-state index in [-0.39, 0.29) is 22.3 Å². The number of aryl methyl sites for hydroxylation is 1. The van der Waals surface area contributed by atoms with Crippen LogP contribution in [0.2, 0.25) is 5.02 Å². The largest absolute Gasteiger partial charge is 0.367 e. The third-order valence-corrected chi connectivity index (χ3v) is 5.88. The molecule has 1 saturated heterocycles. The number of nitrogens with zero attached hydrogens (tertiary/aromatic N) is 3. The Balaban J connectivity index is 1.60. The summed E-state index contributed by atoms with van der Waals surface area (Å²) in [4.78, 5) is 38.8. The van der Waals surface area contributed by atoms with Crippen LogP contribution in [-0.2, 0) is 4.79 Å². The number of benzene rings is 2. The number of amides is 2. The van der Waals surface area contributed by atoms with Gasteiger partial charge >= 0.3 is 0 Å². The van der Waals surface area contributed by atoms with Gasteiger partial charge in [0.25, 0.3) is 11.6 Å². The summed E-state index contributed by atoms with van der Waals surface area (Å²) >= 11 is 11.7. The predicted octanol–water partition coefficient (Wildman–Crippen LogP) is 3.74. The number of thiocarbonyl (C=S) groups is 1. The maximum atomic E-state index is 12.4. The summed E-state index contributed by atoms with van der Waals surface area (Å²) in [5, 5.41) is 17.1. The van der Waals surface area contributed by atoms with Crippen LogP contribution in [0.5, 0.6) is 0 Å². The molecular formula is C22H24ClN5O4S. The highest BCUT2D eigenvalue weighted by molar-refractivity contribution is 7.80. The lowest BCUT2D eigenvalue weighted by molar-refractivity contribution is -0.385. The number of carbonyl (C=O) groups excluding carboxylic acids is 2. The van der Waals surface area contributed by atoms with E-state index >= 15 is 0 Å². The summed E-state index contributed by atoms with van der Waals surface area (Å²) in [6.45, 7) is 6.14. The van der Waals surface area contributed by atoms with Crippen LogP contribution in [0.3, 0.4) is 0 Å². The summed E-state index contributed by atoms with van der Waals surface area (Å²) in [6.07, 6.45) is 0.498. The smallest absolute Gasteiger partial charge is 0.273 e. The molecular weight excluding hydrogens is 466 g/mol. The molecule has 11 heteroatoms. The number of halogens is 1. The van der Waals surface area contributed by atoms with Gasteiger partial charge in [-0.2, -0.15) is 0 Å². The molecule has 0 saturated carbocycles. The highest BCUT2D eigenvalue weighted by Crippen LogP contribution is 2.30. The van der Waals surface area contributed by atoms with E-state index in [4.69, 9.17) is 23.8 Å². The third kappa shape index (κ3) is 5.96. The molecule has 1 aliphatic heterocycles. The Bertz CT molecular complexity index is 1100. The fourth-order valence-corrected chi connectivity index (χ4v) is 4.06. The number of anilines is 2. The molecule has 1 heterocycles. The SMILES string of the molecule is CCC(=O)N1CCN(c2ccc(NC(=S)NC(=O)c3ccc(C)c([N+](=O)[O-])c3)cc2Cl)CC1. The highest BCUT2D eigenvalue weighted by Gasteiger charge is 2.22. The van der Waals surface area contributed by atoms with Crippen molar-refractivity contribution in [1.29, 1.82) is 0 Å². The minimum absolute atomic E-state index is 0.0405. The molecule has 3 rings (SSSR count). The van der Waals surface area contributed by atoms with Gasteiger partial charge in [-0.3, -0.25) is 25.0 Å². The van der Waals surface area contributed by atoms with E-state index in [9.17, 15) is 19.7 Å². The maximum absolute atomic E-state index is 12.4. The Morgan fingerprint density at radius 3 is 2.45 bits per heavy atom. The van der Waals surface area contributed by atoms with Crippen LogP contribution in [0.1, 0.15) is 29.3 Å². The molecule has 9 nitrogen and oxygen atoms in total. The molecule has 0 spiro atoms. The second-order valence-electron chi connectivity index (χ2n) is 7.55. The molecule has 0 bridgehead atoms. The van der Waals surface area contributed by atoms with Gasteiger partial charge in [-0.25, -0.2) is 0 Å². The molecule has 33 heavy (non-hydrogen) atoms. The molecule has 0 unspecified atom stereocenters. The van der Waals surface area contributed by atoms with Crippen LogP contribution >= 0.6 is 23.8 Å². The number of nitro benzene ring substituents is 1. The standard InChI is InChI=1S/C22H24ClN5O4S/c1-3-20(29)27-10-8-26(9-11-27)18-7-6-16(13-17(18)23)24-22(33)25-21(30)15-5-4-14(2)19(12-15)28(31)32/h4-7,12-13H,3,8-11H2,1-2H3,(H2,24,25,30,33). The van der Waals surface area contributed by atoms with Crippen LogP contribution < -0.4 is 15.5 Å². The Morgan fingerprint density at radius 2 is 1.85 bits per heavy atom. The number of nitro groups is 1. The van der Waals surface area contributed by atoms with Crippen molar-refractivity contribution < 1.29 is 14.5 Å². The predicted molar refractivity (Wildman–Crippen MR) is 132 cm³/mol. The first-order valence-corrected chi connectivity index (χ1v) is 11.2. The molecule has 2 aromatic carbocycles. The van der Waals surface area contributed by atoms with E-state index < -0.39 is 10.8 Å². The van der Waals surface area contributed by atoms with Crippen LogP contribution in [0, 0.1) is 17.0 Å². The minimum atomic E-state index is -0.558. The van der Waals surface area contributed by atoms with Crippen molar-refractivity contribution >= 4 is 57.8 Å². The van der Waals surface area contributed by atoms with Gasteiger partial charge < -0.3 is 15.1 Å². The molecule has 2 aromatic rings. The van der Waals surface area contributed by atoms with Gasteiger partial charge in [0.05, 0.1) is 15.6 Å². The first kappa shape index (κ1) is 24.4. The van der Waals surface area contributed by atoms with E-state index in [1.165, 1.54) is 18.2 Å². The number of carbonyl (C=O) groups is 2. The number of hydrogen-bond acceptors (Lipinski definition) is 6. The van der Waals surface area contributed by atoms with Crippen LogP contribution in [0.4, 0.5) is 17.1 Å². The zero-order valence-corrected chi connectivity index (χ0v) is 19.8. The summed E-state index contributed by atoms with van der Waals surface area (Å²) in [6, 6.07) is 9.58. The number of nitrogens with one attached hydrogen (secondary N) is 2. The first-order chi connectivity index (χ1) is 15.7. The molecule has 1 fully saturated rings. The highest BCUT2D eigenvalue weighted by atomic mass is 35.5. The number of hydrogen-bond donors (Lipinski definition) is 2. The fourth-order valence-electron chi connectivity index (χ4n) is 3.55. The van der Waals surface area contributed by atoms with Crippen molar-refractivity contribution in [3.8, 4) is 0 Å². The van der Waals surface area contributed by atoms with Gasteiger partial charge in [-0.15, -0.1) is 0 Å². The van der Waals surface area contributed by atoms with E-state index in [0.29, 0.717) is 48.9 Å². The van der Waals surface area contributed by atoms with E-state index in [0.717, 1.165) is 5.69 Å². The second-order valence-corrected chi connectivity index (χ2v) is 8.37. The lowest BCUT2D eigenvalue weighted by atomic mass is 10.1. The van der Waals surface area contributed by atoms with Crippen molar-refractivity contribution in [2.45, 2.75) is 20.3 Å². The van der Waals surface area contributed by atoms with E-state index in [1.54, 1.807) is 19.1 Å². The van der Waals surface area contributed by atoms with E-state index in [1.807, 2.05) is 17.9 Å².